The predicted octanol–water partition coefficient (Wildman–Crippen LogP) is 2.42. The monoisotopic (exact) mass is 155 g/mol. The lowest BCUT2D eigenvalue weighted by molar-refractivity contribution is 0.244. The molecule has 0 radical (unpaired) electrons. The van der Waals surface area contributed by atoms with Gasteiger partial charge in [0.15, 0.2) is 0 Å². The molecule has 0 heterocycles. The first-order chi connectivity index (χ1) is 5.24. The largest absolute Gasteiger partial charge is 0.317 e. The van der Waals surface area contributed by atoms with Gasteiger partial charge in [-0.1, -0.05) is 13.8 Å². The van der Waals surface area contributed by atoms with E-state index in [1.165, 1.54) is 25.7 Å². The second-order valence-corrected chi connectivity index (χ2v) is 4.14. The molecule has 11 heavy (non-hydrogen) atoms. The molecule has 1 fully saturated rings. The minimum atomic E-state index is 0.810. The van der Waals surface area contributed by atoms with E-state index in [0.29, 0.717) is 0 Å². The zero-order valence-electron chi connectivity index (χ0n) is 8.06. The Morgan fingerprint density at radius 1 is 1.09 bits per heavy atom. The first-order valence-electron chi connectivity index (χ1n) is 4.91. The Morgan fingerprint density at radius 3 is 2.00 bits per heavy atom. The summed E-state index contributed by atoms with van der Waals surface area (Å²) in [5, 5.41) is 3.36. The van der Waals surface area contributed by atoms with E-state index in [2.05, 4.69) is 26.2 Å². The lowest BCUT2D eigenvalue weighted by Gasteiger charge is -2.30. The van der Waals surface area contributed by atoms with Crippen molar-refractivity contribution in [1.29, 1.82) is 0 Å². The summed E-state index contributed by atoms with van der Waals surface area (Å²) in [6.07, 6.45) is 5.64. The molecule has 66 valence electrons. The molecule has 0 amide bonds. The van der Waals surface area contributed by atoms with Crippen LogP contribution in [0.3, 0.4) is 0 Å². The van der Waals surface area contributed by atoms with E-state index in [1.54, 1.807) is 0 Å². The second-order valence-electron chi connectivity index (χ2n) is 4.14. The fourth-order valence-electron chi connectivity index (χ4n) is 2.07. The summed E-state index contributed by atoms with van der Waals surface area (Å²) in [5.41, 5.74) is 0. The highest BCUT2D eigenvalue weighted by atomic mass is 14.9. The highest BCUT2D eigenvalue weighted by Crippen LogP contribution is 2.29. The van der Waals surface area contributed by atoms with Crippen molar-refractivity contribution >= 4 is 0 Å². The van der Waals surface area contributed by atoms with Crippen molar-refractivity contribution in [2.75, 3.05) is 7.05 Å². The third-order valence-electron chi connectivity index (χ3n) is 3.12. The Balaban J connectivity index is 2.24. The van der Waals surface area contributed by atoms with Crippen LogP contribution in [0.25, 0.3) is 0 Å². The highest BCUT2D eigenvalue weighted by molar-refractivity contribution is 4.77. The van der Waals surface area contributed by atoms with E-state index < -0.39 is 0 Å². The van der Waals surface area contributed by atoms with E-state index in [9.17, 15) is 0 Å². The van der Waals surface area contributed by atoms with Crippen molar-refractivity contribution in [3.05, 3.63) is 0 Å². The van der Waals surface area contributed by atoms with E-state index in [-0.39, 0.29) is 0 Å². The Bertz CT molecular complexity index is 101. The van der Waals surface area contributed by atoms with Crippen molar-refractivity contribution in [2.45, 2.75) is 45.6 Å². The van der Waals surface area contributed by atoms with Crippen molar-refractivity contribution in [3.8, 4) is 0 Å². The van der Waals surface area contributed by atoms with Crippen LogP contribution in [-0.4, -0.2) is 13.1 Å². The summed E-state index contributed by atoms with van der Waals surface area (Å²) in [7, 11) is 2.08. The summed E-state index contributed by atoms with van der Waals surface area (Å²) in [6.45, 7) is 4.70. The van der Waals surface area contributed by atoms with Crippen LogP contribution in [0.4, 0.5) is 0 Å². The van der Waals surface area contributed by atoms with Crippen molar-refractivity contribution in [1.82, 2.24) is 5.32 Å². The standard InChI is InChI=1S/C10H21N/c1-8(2)9-4-6-10(11-3)7-5-9/h8-11H,4-7H2,1-3H3/t9-,10-. The third-order valence-corrected chi connectivity index (χ3v) is 3.12. The van der Waals surface area contributed by atoms with Crippen LogP contribution >= 0.6 is 0 Å². The Hall–Kier alpha value is -0.0400. The van der Waals surface area contributed by atoms with Crippen LogP contribution in [-0.2, 0) is 0 Å². The molecule has 0 spiro atoms. The molecule has 1 N–H and O–H groups in total. The average molecular weight is 155 g/mol. The molecule has 0 aliphatic heterocycles. The van der Waals surface area contributed by atoms with Gasteiger partial charge in [-0.15, -0.1) is 0 Å². The summed E-state index contributed by atoms with van der Waals surface area (Å²) in [6, 6.07) is 0.810. The number of hydrogen-bond donors (Lipinski definition) is 1. The van der Waals surface area contributed by atoms with Gasteiger partial charge in [-0.2, -0.15) is 0 Å². The fourth-order valence-corrected chi connectivity index (χ4v) is 2.07. The topological polar surface area (TPSA) is 12.0 Å². The van der Waals surface area contributed by atoms with Gasteiger partial charge < -0.3 is 5.32 Å². The van der Waals surface area contributed by atoms with Gasteiger partial charge >= 0.3 is 0 Å². The van der Waals surface area contributed by atoms with Gasteiger partial charge in [-0.25, -0.2) is 0 Å². The van der Waals surface area contributed by atoms with Crippen molar-refractivity contribution < 1.29 is 0 Å². The minimum absolute atomic E-state index is 0.810. The van der Waals surface area contributed by atoms with Crippen molar-refractivity contribution in [2.24, 2.45) is 11.8 Å². The van der Waals surface area contributed by atoms with Gasteiger partial charge in [0.25, 0.3) is 0 Å². The minimum Gasteiger partial charge on any atom is -0.317 e. The van der Waals surface area contributed by atoms with Crippen LogP contribution in [0.2, 0.25) is 0 Å². The summed E-state index contributed by atoms with van der Waals surface area (Å²) < 4.78 is 0. The van der Waals surface area contributed by atoms with Crippen LogP contribution < -0.4 is 5.32 Å². The molecule has 0 bridgehead atoms. The molecule has 1 aliphatic rings. The molecule has 0 unspecified atom stereocenters. The third kappa shape index (κ3) is 2.48. The number of hydrogen-bond acceptors (Lipinski definition) is 1. The quantitative estimate of drug-likeness (QED) is 0.645. The highest BCUT2D eigenvalue weighted by Gasteiger charge is 2.21. The Morgan fingerprint density at radius 2 is 1.64 bits per heavy atom. The maximum Gasteiger partial charge on any atom is 0.00642 e. The molecule has 0 saturated heterocycles. The molecule has 0 aromatic rings. The maximum absolute atomic E-state index is 3.36. The molecule has 1 nitrogen and oxygen atoms in total. The van der Waals surface area contributed by atoms with Gasteiger partial charge in [0.2, 0.25) is 0 Å². The molecule has 1 rings (SSSR count). The number of rotatable bonds is 2. The van der Waals surface area contributed by atoms with Gasteiger partial charge in [0.1, 0.15) is 0 Å². The number of nitrogens with one attached hydrogen (secondary N) is 1. The first kappa shape index (κ1) is 9.05. The van der Waals surface area contributed by atoms with E-state index in [0.717, 1.165) is 17.9 Å². The molecule has 1 saturated carbocycles. The van der Waals surface area contributed by atoms with E-state index in [4.69, 9.17) is 0 Å². The summed E-state index contributed by atoms with van der Waals surface area (Å²) in [4.78, 5) is 0. The Labute approximate surface area is 70.6 Å². The molecular weight excluding hydrogens is 134 g/mol. The zero-order chi connectivity index (χ0) is 8.27. The first-order valence-corrected chi connectivity index (χ1v) is 4.91. The van der Waals surface area contributed by atoms with Gasteiger partial charge in [0.05, 0.1) is 0 Å². The molecule has 1 aliphatic carbocycles. The lowest BCUT2D eigenvalue weighted by Crippen LogP contribution is -2.31. The van der Waals surface area contributed by atoms with Crippen LogP contribution in [0.1, 0.15) is 39.5 Å². The average Bonchev–Trinajstić information content (AvgIpc) is 2.05. The van der Waals surface area contributed by atoms with Gasteiger partial charge in [-0.3, -0.25) is 0 Å². The Kier molecular flexibility index (Phi) is 3.38. The molecular formula is C10H21N. The smallest absolute Gasteiger partial charge is 0.00642 e. The normalized spacial score (nSPS) is 32.7. The maximum atomic E-state index is 3.36. The van der Waals surface area contributed by atoms with E-state index in [1.807, 2.05) is 0 Å². The molecule has 1 heteroatoms. The van der Waals surface area contributed by atoms with Gasteiger partial charge in [0, 0.05) is 6.04 Å². The van der Waals surface area contributed by atoms with Gasteiger partial charge in [-0.05, 0) is 44.6 Å². The molecule has 0 aromatic heterocycles. The van der Waals surface area contributed by atoms with Crippen LogP contribution in [0, 0.1) is 11.8 Å². The van der Waals surface area contributed by atoms with Crippen molar-refractivity contribution in [3.63, 3.8) is 0 Å². The second kappa shape index (κ2) is 4.10. The zero-order valence-corrected chi connectivity index (χ0v) is 8.06. The SMILES string of the molecule is CN[C@H]1CC[C@H](C(C)C)CC1. The molecule has 0 atom stereocenters. The lowest BCUT2D eigenvalue weighted by atomic mass is 9.80. The summed E-state index contributed by atoms with van der Waals surface area (Å²) >= 11 is 0. The predicted molar refractivity (Wildman–Crippen MR) is 49.6 cm³/mol. The summed E-state index contributed by atoms with van der Waals surface area (Å²) in [5.74, 6) is 1.90. The molecule has 0 aromatic carbocycles. The fraction of sp³-hybridized carbons (Fsp3) is 1.00. The van der Waals surface area contributed by atoms with Crippen LogP contribution in [0.5, 0.6) is 0 Å². The van der Waals surface area contributed by atoms with E-state index >= 15 is 0 Å². The van der Waals surface area contributed by atoms with Crippen LogP contribution in [0.15, 0.2) is 0 Å².